The molecule has 1 nitrogen and oxygen atoms in total. The van der Waals surface area contributed by atoms with Crippen LogP contribution >= 0.6 is 0 Å². The molecule has 0 saturated carbocycles. The molecule has 0 bridgehead atoms. The zero-order chi connectivity index (χ0) is 30.0. The van der Waals surface area contributed by atoms with Crippen molar-refractivity contribution in [2.75, 3.05) is 4.90 Å². The third-order valence-corrected chi connectivity index (χ3v) is 8.67. The minimum atomic E-state index is 1.11. The number of anilines is 3. The van der Waals surface area contributed by atoms with E-state index < -0.39 is 0 Å². The predicted octanol–water partition coefficient (Wildman–Crippen LogP) is 12.5. The molecule has 0 fully saturated rings. The second-order valence-electron chi connectivity index (χ2n) is 11.3. The zero-order valence-electron chi connectivity index (χ0n) is 24.8. The Hall–Kier alpha value is -5.92. The fourth-order valence-corrected chi connectivity index (χ4v) is 6.56. The van der Waals surface area contributed by atoms with Crippen LogP contribution in [0.1, 0.15) is 0 Å². The van der Waals surface area contributed by atoms with E-state index in [0.717, 1.165) is 17.1 Å². The highest BCUT2D eigenvalue weighted by Gasteiger charge is 2.20. The average Bonchev–Trinajstić information content (AvgIpc) is 3.13. The molecule has 0 atom stereocenters. The highest BCUT2D eigenvalue weighted by atomic mass is 15.1. The van der Waals surface area contributed by atoms with Gasteiger partial charge in [0.2, 0.25) is 0 Å². The first-order valence-electron chi connectivity index (χ1n) is 15.5. The molecule has 0 N–H and O–H groups in total. The van der Waals surface area contributed by atoms with Gasteiger partial charge in [-0.2, -0.15) is 0 Å². The minimum absolute atomic E-state index is 1.11. The minimum Gasteiger partial charge on any atom is -0.309 e. The molecule has 0 aromatic heterocycles. The number of hydrogen-bond acceptors (Lipinski definition) is 1. The lowest BCUT2D eigenvalue weighted by Gasteiger charge is -2.29. The summed E-state index contributed by atoms with van der Waals surface area (Å²) in [5.41, 5.74) is 10.7. The number of hydrogen-bond donors (Lipinski definition) is 0. The molecule has 0 unspecified atom stereocenters. The van der Waals surface area contributed by atoms with Gasteiger partial charge in [0.1, 0.15) is 0 Å². The van der Waals surface area contributed by atoms with Gasteiger partial charge in [-0.3, -0.25) is 0 Å². The third-order valence-electron chi connectivity index (χ3n) is 8.67. The largest absolute Gasteiger partial charge is 0.309 e. The van der Waals surface area contributed by atoms with Crippen molar-refractivity contribution >= 4 is 38.6 Å². The van der Waals surface area contributed by atoms with Crippen molar-refractivity contribution in [3.8, 4) is 33.4 Å². The Kier molecular flexibility index (Phi) is 6.90. The van der Waals surface area contributed by atoms with Crippen LogP contribution in [-0.2, 0) is 0 Å². The standard InChI is InChI=1S/C44H31N/c1-3-14-32(15-4-1)38-22-11-12-24-42(38)45(43-25-13-20-33-18-7-9-21-39(33)43)37-29-26-36(27-30-37)44-40-23-10-8-19-35(40)28-31-41(44)34-16-5-2-6-17-34/h1-31H. The quantitative estimate of drug-likeness (QED) is 0.191. The van der Waals surface area contributed by atoms with Gasteiger partial charge in [-0.25, -0.2) is 0 Å². The molecule has 0 heterocycles. The smallest absolute Gasteiger partial charge is 0.0540 e. The van der Waals surface area contributed by atoms with Crippen LogP contribution in [0.4, 0.5) is 17.1 Å². The first kappa shape index (κ1) is 26.7. The van der Waals surface area contributed by atoms with Gasteiger partial charge in [-0.05, 0) is 68.2 Å². The van der Waals surface area contributed by atoms with Crippen molar-refractivity contribution < 1.29 is 0 Å². The lowest BCUT2D eigenvalue weighted by Crippen LogP contribution is -2.11. The Balaban J connectivity index is 1.34. The van der Waals surface area contributed by atoms with Gasteiger partial charge in [0.25, 0.3) is 0 Å². The van der Waals surface area contributed by atoms with Crippen molar-refractivity contribution in [3.05, 3.63) is 188 Å². The summed E-state index contributed by atoms with van der Waals surface area (Å²) in [6.45, 7) is 0. The average molecular weight is 574 g/mol. The molecule has 212 valence electrons. The summed E-state index contributed by atoms with van der Waals surface area (Å²) < 4.78 is 0. The first-order valence-corrected chi connectivity index (χ1v) is 15.5. The molecule has 1 heteroatoms. The highest BCUT2D eigenvalue weighted by Crippen LogP contribution is 2.45. The first-order chi connectivity index (χ1) is 22.3. The van der Waals surface area contributed by atoms with Crippen molar-refractivity contribution in [2.24, 2.45) is 0 Å². The molecular weight excluding hydrogens is 542 g/mol. The van der Waals surface area contributed by atoms with E-state index in [1.54, 1.807) is 0 Å². The van der Waals surface area contributed by atoms with Crippen LogP contribution in [0.3, 0.4) is 0 Å². The summed E-state index contributed by atoms with van der Waals surface area (Å²) in [5.74, 6) is 0. The van der Waals surface area contributed by atoms with Crippen LogP contribution in [0, 0.1) is 0 Å². The van der Waals surface area contributed by atoms with Crippen LogP contribution in [-0.4, -0.2) is 0 Å². The monoisotopic (exact) mass is 573 g/mol. The van der Waals surface area contributed by atoms with Gasteiger partial charge in [-0.1, -0.05) is 164 Å². The molecule has 0 radical (unpaired) electrons. The molecule has 8 aromatic carbocycles. The van der Waals surface area contributed by atoms with Gasteiger partial charge in [0, 0.05) is 16.6 Å². The maximum atomic E-state index is 2.41. The maximum absolute atomic E-state index is 2.41. The molecule has 0 amide bonds. The molecule has 8 aromatic rings. The van der Waals surface area contributed by atoms with Crippen LogP contribution in [0.25, 0.3) is 54.9 Å². The van der Waals surface area contributed by atoms with Gasteiger partial charge in [0.05, 0.1) is 11.4 Å². The molecule has 0 saturated heterocycles. The van der Waals surface area contributed by atoms with Crippen molar-refractivity contribution in [2.45, 2.75) is 0 Å². The maximum Gasteiger partial charge on any atom is 0.0540 e. The van der Waals surface area contributed by atoms with Gasteiger partial charge >= 0.3 is 0 Å². The zero-order valence-corrected chi connectivity index (χ0v) is 24.8. The van der Waals surface area contributed by atoms with E-state index >= 15 is 0 Å². The Morgan fingerprint density at radius 2 is 0.822 bits per heavy atom. The van der Waals surface area contributed by atoms with Crippen LogP contribution in [0.2, 0.25) is 0 Å². The van der Waals surface area contributed by atoms with Crippen LogP contribution < -0.4 is 4.90 Å². The van der Waals surface area contributed by atoms with Crippen molar-refractivity contribution in [1.29, 1.82) is 0 Å². The summed E-state index contributed by atoms with van der Waals surface area (Å²) >= 11 is 0. The topological polar surface area (TPSA) is 3.24 Å². The van der Waals surface area contributed by atoms with Crippen LogP contribution in [0.5, 0.6) is 0 Å². The van der Waals surface area contributed by atoms with Crippen molar-refractivity contribution in [1.82, 2.24) is 0 Å². The SMILES string of the molecule is c1ccc(-c2ccccc2N(c2ccc(-c3c(-c4ccccc4)ccc4ccccc34)cc2)c2cccc3ccccc23)cc1. The Morgan fingerprint density at radius 1 is 0.289 bits per heavy atom. The van der Waals surface area contributed by atoms with E-state index in [-0.39, 0.29) is 0 Å². The predicted molar refractivity (Wildman–Crippen MR) is 192 cm³/mol. The lowest BCUT2D eigenvalue weighted by atomic mass is 9.89. The Labute approximate surface area is 264 Å². The molecule has 0 aliphatic rings. The summed E-state index contributed by atoms with van der Waals surface area (Å²) in [4.78, 5) is 2.41. The Morgan fingerprint density at radius 3 is 1.56 bits per heavy atom. The second-order valence-corrected chi connectivity index (χ2v) is 11.3. The van der Waals surface area contributed by atoms with E-state index in [4.69, 9.17) is 0 Å². The molecule has 0 spiro atoms. The van der Waals surface area contributed by atoms with Crippen molar-refractivity contribution in [3.63, 3.8) is 0 Å². The molecule has 0 aliphatic heterocycles. The van der Waals surface area contributed by atoms with E-state index in [9.17, 15) is 0 Å². The molecule has 8 rings (SSSR count). The summed E-state index contributed by atoms with van der Waals surface area (Å²) in [6.07, 6.45) is 0. The van der Waals surface area contributed by atoms with E-state index in [2.05, 4.69) is 193 Å². The number of fused-ring (bicyclic) bond motifs is 2. The van der Waals surface area contributed by atoms with Crippen LogP contribution in [0.15, 0.2) is 188 Å². The number of nitrogens with zero attached hydrogens (tertiary/aromatic N) is 1. The number of benzene rings is 8. The number of para-hydroxylation sites is 1. The summed E-state index contributed by atoms with van der Waals surface area (Å²) in [6, 6.07) is 67.6. The van der Waals surface area contributed by atoms with Gasteiger partial charge in [-0.15, -0.1) is 0 Å². The number of rotatable bonds is 6. The highest BCUT2D eigenvalue weighted by molar-refractivity contribution is 6.05. The summed E-state index contributed by atoms with van der Waals surface area (Å²) in [7, 11) is 0. The summed E-state index contributed by atoms with van der Waals surface area (Å²) in [5, 5.41) is 4.93. The fraction of sp³-hybridized carbons (Fsp3) is 0. The van der Waals surface area contributed by atoms with E-state index in [1.807, 2.05) is 0 Å². The molecular formula is C44H31N. The third kappa shape index (κ3) is 4.95. The molecule has 0 aliphatic carbocycles. The lowest BCUT2D eigenvalue weighted by molar-refractivity contribution is 1.30. The van der Waals surface area contributed by atoms with E-state index in [1.165, 1.54) is 54.9 Å². The van der Waals surface area contributed by atoms with Gasteiger partial charge in [0.15, 0.2) is 0 Å². The second kappa shape index (κ2) is 11.6. The van der Waals surface area contributed by atoms with E-state index in [0.29, 0.717) is 0 Å². The Bertz CT molecular complexity index is 2250. The fourth-order valence-electron chi connectivity index (χ4n) is 6.56. The normalized spacial score (nSPS) is 11.1. The van der Waals surface area contributed by atoms with Gasteiger partial charge < -0.3 is 4.90 Å². The molecule has 45 heavy (non-hydrogen) atoms.